The van der Waals surface area contributed by atoms with Crippen LogP contribution in [-0.2, 0) is 9.53 Å². The molecule has 1 fully saturated rings. The molecular formula is C10H14N2O2S. The van der Waals surface area contributed by atoms with Crippen LogP contribution in [0.25, 0.3) is 0 Å². The lowest BCUT2D eigenvalue weighted by molar-refractivity contribution is -0.117. The summed E-state index contributed by atoms with van der Waals surface area (Å²) in [5.74, 6) is 0.538. The highest BCUT2D eigenvalue weighted by Gasteiger charge is 2.17. The summed E-state index contributed by atoms with van der Waals surface area (Å²) >= 11 is 1.45. The van der Waals surface area contributed by atoms with E-state index in [-0.39, 0.29) is 5.91 Å². The van der Waals surface area contributed by atoms with E-state index in [0.29, 0.717) is 17.5 Å². The number of thiazole rings is 1. The molecule has 0 atom stereocenters. The van der Waals surface area contributed by atoms with Gasteiger partial charge in [-0.15, -0.1) is 11.3 Å². The first-order chi connectivity index (χ1) is 7.34. The predicted octanol–water partition coefficient (Wildman–Crippen LogP) is 1.90. The van der Waals surface area contributed by atoms with E-state index in [4.69, 9.17) is 4.74 Å². The van der Waals surface area contributed by atoms with Crippen LogP contribution < -0.4 is 5.32 Å². The van der Waals surface area contributed by atoms with Gasteiger partial charge in [-0.05, 0) is 18.8 Å². The molecule has 0 unspecified atom stereocenters. The van der Waals surface area contributed by atoms with E-state index >= 15 is 0 Å². The van der Waals surface area contributed by atoms with Crippen LogP contribution in [0, 0.1) is 5.92 Å². The summed E-state index contributed by atoms with van der Waals surface area (Å²) in [7, 11) is 0. The lowest BCUT2D eigenvalue weighted by atomic mass is 9.96. The Labute approximate surface area is 92.7 Å². The zero-order valence-corrected chi connectivity index (χ0v) is 9.26. The number of hydrogen-bond acceptors (Lipinski definition) is 4. The fourth-order valence-electron chi connectivity index (χ4n) is 1.67. The molecule has 5 heteroatoms. The highest BCUT2D eigenvalue weighted by Crippen LogP contribution is 2.19. The lowest BCUT2D eigenvalue weighted by Gasteiger charge is -2.20. The van der Waals surface area contributed by atoms with Crippen molar-refractivity contribution >= 4 is 22.4 Å². The molecule has 0 radical (unpaired) electrons. The Balaban J connectivity index is 1.76. The Bertz CT molecular complexity index is 307. The van der Waals surface area contributed by atoms with Crippen LogP contribution in [0.1, 0.15) is 19.3 Å². The Morgan fingerprint density at radius 2 is 2.40 bits per heavy atom. The van der Waals surface area contributed by atoms with E-state index in [0.717, 1.165) is 26.1 Å². The minimum Gasteiger partial charge on any atom is -0.381 e. The van der Waals surface area contributed by atoms with Gasteiger partial charge >= 0.3 is 0 Å². The van der Waals surface area contributed by atoms with Gasteiger partial charge in [-0.25, -0.2) is 4.98 Å². The number of carbonyl (C=O) groups is 1. The van der Waals surface area contributed by atoms with Gasteiger partial charge in [-0.1, -0.05) is 0 Å². The molecule has 82 valence electrons. The number of carbonyl (C=O) groups excluding carboxylic acids is 1. The third-order valence-corrected chi connectivity index (χ3v) is 3.18. The number of hydrogen-bond donors (Lipinski definition) is 1. The molecule has 1 aliphatic heterocycles. The molecule has 4 nitrogen and oxygen atoms in total. The largest absolute Gasteiger partial charge is 0.381 e. The SMILES string of the molecule is O=C(CC1CCOCC1)Nc1nccs1. The average Bonchev–Trinajstić information content (AvgIpc) is 2.71. The van der Waals surface area contributed by atoms with Crippen molar-refractivity contribution in [2.75, 3.05) is 18.5 Å². The normalized spacial score (nSPS) is 17.6. The molecule has 0 saturated carbocycles. The summed E-state index contributed by atoms with van der Waals surface area (Å²) in [6, 6.07) is 0. The topological polar surface area (TPSA) is 51.2 Å². The van der Waals surface area contributed by atoms with Crippen LogP contribution in [0.4, 0.5) is 5.13 Å². The van der Waals surface area contributed by atoms with Crippen LogP contribution in [0.2, 0.25) is 0 Å². The molecule has 1 saturated heterocycles. The van der Waals surface area contributed by atoms with Gasteiger partial charge in [0, 0.05) is 31.2 Å². The van der Waals surface area contributed by atoms with Crippen LogP contribution >= 0.6 is 11.3 Å². The molecule has 0 aliphatic carbocycles. The Hall–Kier alpha value is -0.940. The summed E-state index contributed by atoms with van der Waals surface area (Å²) in [5, 5.41) is 5.34. The van der Waals surface area contributed by atoms with E-state index in [1.807, 2.05) is 5.38 Å². The summed E-state index contributed by atoms with van der Waals surface area (Å²) in [6.45, 7) is 1.57. The van der Waals surface area contributed by atoms with Crippen LogP contribution in [0.5, 0.6) is 0 Å². The Morgan fingerprint density at radius 3 is 3.07 bits per heavy atom. The molecular weight excluding hydrogens is 212 g/mol. The number of anilines is 1. The van der Waals surface area contributed by atoms with Crippen LogP contribution in [-0.4, -0.2) is 24.1 Å². The van der Waals surface area contributed by atoms with Gasteiger partial charge < -0.3 is 10.1 Å². The molecule has 2 heterocycles. The van der Waals surface area contributed by atoms with Gasteiger partial charge in [0.15, 0.2) is 5.13 Å². The minimum atomic E-state index is 0.0665. The van der Waals surface area contributed by atoms with Gasteiger partial charge in [0.1, 0.15) is 0 Å². The molecule has 0 spiro atoms. The van der Waals surface area contributed by atoms with Crippen molar-refractivity contribution < 1.29 is 9.53 Å². The molecule has 1 amide bonds. The molecule has 0 bridgehead atoms. The summed E-state index contributed by atoms with van der Waals surface area (Å²) < 4.78 is 5.25. The second kappa shape index (κ2) is 5.23. The number of ether oxygens (including phenoxy) is 1. The monoisotopic (exact) mass is 226 g/mol. The van der Waals surface area contributed by atoms with Crippen molar-refractivity contribution in [3.05, 3.63) is 11.6 Å². The number of aromatic nitrogens is 1. The van der Waals surface area contributed by atoms with Gasteiger partial charge in [0.25, 0.3) is 0 Å². The molecule has 1 N–H and O–H groups in total. The van der Waals surface area contributed by atoms with Crippen LogP contribution in [0.3, 0.4) is 0 Å². The first-order valence-corrected chi connectivity index (χ1v) is 5.99. The van der Waals surface area contributed by atoms with E-state index in [1.165, 1.54) is 11.3 Å². The average molecular weight is 226 g/mol. The van der Waals surface area contributed by atoms with E-state index in [2.05, 4.69) is 10.3 Å². The minimum absolute atomic E-state index is 0.0665. The summed E-state index contributed by atoms with van der Waals surface area (Å²) in [4.78, 5) is 15.6. The molecule has 0 aromatic carbocycles. The zero-order chi connectivity index (χ0) is 10.5. The van der Waals surface area contributed by atoms with Crippen molar-refractivity contribution in [2.45, 2.75) is 19.3 Å². The van der Waals surface area contributed by atoms with Crippen molar-refractivity contribution in [2.24, 2.45) is 5.92 Å². The van der Waals surface area contributed by atoms with E-state index < -0.39 is 0 Å². The molecule has 2 rings (SSSR count). The predicted molar refractivity (Wildman–Crippen MR) is 58.9 cm³/mol. The van der Waals surface area contributed by atoms with Crippen molar-refractivity contribution in [3.63, 3.8) is 0 Å². The first kappa shape index (κ1) is 10.6. The highest BCUT2D eigenvalue weighted by molar-refractivity contribution is 7.13. The maximum absolute atomic E-state index is 11.6. The maximum Gasteiger partial charge on any atom is 0.226 e. The molecule has 15 heavy (non-hydrogen) atoms. The van der Waals surface area contributed by atoms with Crippen molar-refractivity contribution in [1.29, 1.82) is 0 Å². The Morgan fingerprint density at radius 1 is 1.60 bits per heavy atom. The van der Waals surface area contributed by atoms with Crippen molar-refractivity contribution in [1.82, 2.24) is 4.98 Å². The zero-order valence-electron chi connectivity index (χ0n) is 8.44. The standard InChI is InChI=1S/C10H14N2O2S/c13-9(12-10-11-3-6-15-10)7-8-1-4-14-5-2-8/h3,6,8H,1-2,4-5,7H2,(H,11,12,13). The number of rotatable bonds is 3. The highest BCUT2D eigenvalue weighted by atomic mass is 32.1. The van der Waals surface area contributed by atoms with Gasteiger partial charge in [0.05, 0.1) is 0 Å². The second-order valence-corrected chi connectivity index (χ2v) is 4.54. The van der Waals surface area contributed by atoms with Gasteiger partial charge in [-0.2, -0.15) is 0 Å². The van der Waals surface area contributed by atoms with Crippen LogP contribution in [0.15, 0.2) is 11.6 Å². The number of nitrogens with zero attached hydrogens (tertiary/aromatic N) is 1. The summed E-state index contributed by atoms with van der Waals surface area (Å²) in [5.41, 5.74) is 0. The molecule has 1 aromatic rings. The van der Waals surface area contributed by atoms with Gasteiger partial charge in [-0.3, -0.25) is 4.79 Å². The van der Waals surface area contributed by atoms with E-state index in [9.17, 15) is 4.79 Å². The number of amides is 1. The van der Waals surface area contributed by atoms with E-state index in [1.54, 1.807) is 6.20 Å². The fraction of sp³-hybridized carbons (Fsp3) is 0.600. The fourth-order valence-corrected chi connectivity index (χ4v) is 2.21. The quantitative estimate of drug-likeness (QED) is 0.856. The third-order valence-electron chi connectivity index (χ3n) is 2.49. The van der Waals surface area contributed by atoms with Gasteiger partial charge in [0.2, 0.25) is 5.91 Å². The Kier molecular flexibility index (Phi) is 3.69. The smallest absolute Gasteiger partial charge is 0.226 e. The number of nitrogens with one attached hydrogen (secondary N) is 1. The maximum atomic E-state index is 11.6. The summed E-state index contributed by atoms with van der Waals surface area (Å²) in [6.07, 6.45) is 4.26. The molecule has 1 aromatic heterocycles. The second-order valence-electron chi connectivity index (χ2n) is 3.65. The van der Waals surface area contributed by atoms with Crippen molar-refractivity contribution in [3.8, 4) is 0 Å². The third kappa shape index (κ3) is 3.28. The lowest BCUT2D eigenvalue weighted by Crippen LogP contribution is -2.22. The first-order valence-electron chi connectivity index (χ1n) is 5.11. The molecule has 1 aliphatic rings.